The molecule has 1 heterocycles. The zero-order valence-corrected chi connectivity index (χ0v) is 16.9. The van der Waals surface area contributed by atoms with Crippen molar-refractivity contribution in [1.29, 1.82) is 0 Å². The van der Waals surface area contributed by atoms with E-state index in [-0.39, 0.29) is 6.10 Å². The van der Waals surface area contributed by atoms with Crippen molar-refractivity contribution < 1.29 is 9.15 Å². The van der Waals surface area contributed by atoms with Gasteiger partial charge in [-0.2, -0.15) is 0 Å². The molecule has 148 valence electrons. The van der Waals surface area contributed by atoms with Crippen molar-refractivity contribution in [3.8, 4) is 5.75 Å². The summed E-state index contributed by atoms with van der Waals surface area (Å²) in [5.74, 6) is 2.59. The van der Waals surface area contributed by atoms with Gasteiger partial charge in [-0.1, -0.05) is 6.92 Å². The zero-order valence-electron chi connectivity index (χ0n) is 16.9. The molecule has 6 heteroatoms. The summed E-state index contributed by atoms with van der Waals surface area (Å²) in [6.45, 7) is 9.60. The molecule has 0 aliphatic rings. The summed E-state index contributed by atoms with van der Waals surface area (Å²) in [6.07, 6.45) is 2.67. The van der Waals surface area contributed by atoms with E-state index in [1.165, 1.54) is 0 Å². The van der Waals surface area contributed by atoms with Crippen LogP contribution >= 0.6 is 0 Å². The minimum absolute atomic E-state index is 0.166. The number of hydrogen-bond donors (Lipinski definition) is 2. The first-order valence-electron chi connectivity index (χ1n) is 9.59. The molecule has 0 bridgehead atoms. The van der Waals surface area contributed by atoms with Crippen molar-refractivity contribution >= 4 is 11.6 Å². The van der Waals surface area contributed by atoms with E-state index in [1.54, 1.807) is 6.26 Å². The maximum Gasteiger partial charge on any atom is 0.195 e. The van der Waals surface area contributed by atoms with E-state index in [0.29, 0.717) is 0 Å². The quantitative estimate of drug-likeness (QED) is 0.493. The number of benzene rings is 1. The van der Waals surface area contributed by atoms with Gasteiger partial charge in [0.05, 0.1) is 18.9 Å². The molecule has 0 saturated carbocycles. The molecule has 0 atom stereocenters. The van der Waals surface area contributed by atoms with Gasteiger partial charge in [0.2, 0.25) is 0 Å². The van der Waals surface area contributed by atoms with Crippen LogP contribution in [0.15, 0.2) is 52.1 Å². The van der Waals surface area contributed by atoms with Gasteiger partial charge < -0.3 is 24.7 Å². The van der Waals surface area contributed by atoms with Gasteiger partial charge in [0, 0.05) is 25.2 Å². The minimum Gasteiger partial charge on any atom is -0.491 e. The highest BCUT2D eigenvalue weighted by molar-refractivity contribution is 5.93. The zero-order chi connectivity index (χ0) is 19.5. The minimum atomic E-state index is 0.166. The van der Waals surface area contributed by atoms with E-state index < -0.39 is 0 Å². The number of likely N-dealkylation sites (N-methyl/N-ethyl adjacent to an activating group) is 1. The number of aliphatic imine (C=N–C) groups is 1. The monoisotopic (exact) mass is 372 g/mol. The molecule has 0 aliphatic carbocycles. The Morgan fingerprint density at radius 1 is 1.22 bits per heavy atom. The highest BCUT2D eigenvalue weighted by atomic mass is 16.5. The van der Waals surface area contributed by atoms with Crippen molar-refractivity contribution in [3.05, 3.63) is 48.4 Å². The van der Waals surface area contributed by atoms with Crippen molar-refractivity contribution in [2.24, 2.45) is 4.99 Å². The first-order chi connectivity index (χ1) is 13.1. The van der Waals surface area contributed by atoms with Crippen LogP contribution in [0.3, 0.4) is 0 Å². The molecule has 0 unspecified atom stereocenters. The number of anilines is 1. The van der Waals surface area contributed by atoms with E-state index in [1.807, 2.05) is 50.2 Å². The second-order valence-corrected chi connectivity index (χ2v) is 6.70. The molecule has 2 aromatic rings. The highest BCUT2D eigenvalue weighted by Gasteiger charge is 2.04. The Morgan fingerprint density at radius 3 is 2.63 bits per heavy atom. The molecule has 0 amide bonds. The Bertz CT molecular complexity index is 666. The van der Waals surface area contributed by atoms with Crippen molar-refractivity contribution in [1.82, 2.24) is 10.2 Å². The van der Waals surface area contributed by atoms with E-state index in [4.69, 9.17) is 9.15 Å². The molecular weight excluding hydrogens is 340 g/mol. The second kappa shape index (κ2) is 11.3. The van der Waals surface area contributed by atoms with E-state index in [0.717, 1.165) is 55.8 Å². The molecule has 0 saturated heterocycles. The Balaban J connectivity index is 1.93. The number of hydrogen-bond acceptors (Lipinski definition) is 4. The van der Waals surface area contributed by atoms with Gasteiger partial charge in [-0.05, 0) is 63.8 Å². The van der Waals surface area contributed by atoms with Gasteiger partial charge in [0.25, 0.3) is 0 Å². The normalized spacial score (nSPS) is 11.9. The molecule has 0 fully saturated rings. The van der Waals surface area contributed by atoms with Crippen LogP contribution in [0.25, 0.3) is 0 Å². The van der Waals surface area contributed by atoms with Crippen molar-refractivity contribution in [3.63, 3.8) is 0 Å². The maximum atomic E-state index is 5.69. The van der Waals surface area contributed by atoms with E-state index in [2.05, 4.69) is 34.5 Å². The van der Waals surface area contributed by atoms with Crippen molar-refractivity contribution in [2.75, 3.05) is 38.5 Å². The number of furan rings is 1. The summed E-state index contributed by atoms with van der Waals surface area (Å²) in [7, 11) is 2.10. The standard InChI is InChI=1S/C21H32N4O2/c1-5-25(4)15-14-23-21(22-13-12-19-7-6-16-26-19)24-18-8-10-20(11-9-18)27-17(2)3/h6-11,16-17H,5,12-15H2,1-4H3,(H2,22,23,24). The van der Waals surface area contributed by atoms with Crippen LogP contribution < -0.4 is 15.4 Å². The van der Waals surface area contributed by atoms with Gasteiger partial charge in [0.1, 0.15) is 11.5 Å². The predicted molar refractivity (Wildman–Crippen MR) is 112 cm³/mol. The number of guanidine groups is 1. The summed E-state index contributed by atoms with van der Waals surface area (Å²) < 4.78 is 11.1. The van der Waals surface area contributed by atoms with Gasteiger partial charge in [0.15, 0.2) is 5.96 Å². The molecule has 0 aliphatic heterocycles. The fourth-order valence-electron chi connectivity index (χ4n) is 2.41. The van der Waals surface area contributed by atoms with Crippen LogP contribution in [0.1, 0.15) is 26.5 Å². The van der Waals surface area contributed by atoms with Gasteiger partial charge in [-0.3, -0.25) is 4.99 Å². The Morgan fingerprint density at radius 2 is 2.00 bits per heavy atom. The van der Waals surface area contributed by atoms with Crippen LogP contribution in [0.5, 0.6) is 5.75 Å². The fraction of sp³-hybridized carbons (Fsp3) is 0.476. The molecule has 0 spiro atoms. The average Bonchev–Trinajstić information content (AvgIpc) is 3.16. The number of rotatable bonds is 10. The first-order valence-corrected chi connectivity index (χ1v) is 9.59. The smallest absolute Gasteiger partial charge is 0.195 e. The molecule has 6 nitrogen and oxygen atoms in total. The molecule has 1 aromatic heterocycles. The Hall–Kier alpha value is -2.47. The lowest BCUT2D eigenvalue weighted by molar-refractivity contribution is 0.242. The summed E-state index contributed by atoms with van der Waals surface area (Å²) in [4.78, 5) is 6.93. The van der Waals surface area contributed by atoms with Crippen LogP contribution in [0.4, 0.5) is 5.69 Å². The largest absolute Gasteiger partial charge is 0.491 e. The van der Waals surface area contributed by atoms with Gasteiger partial charge in [-0.25, -0.2) is 0 Å². The first kappa shape index (κ1) is 20.8. The summed E-state index contributed by atoms with van der Waals surface area (Å²) >= 11 is 0. The summed E-state index contributed by atoms with van der Waals surface area (Å²) in [5.41, 5.74) is 0.971. The lowest BCUT2D eigenvalue weighted by Crippen LogP contribution is -2.33. The summed E-state index contributed by atoms with van der Waals surface area (Å²) in [5, 5.41) is 6.74. The third kappa shape index (κ3) is 8.17. The predicted octanol–water partition coefficient (Wildman–Crippen LogP) is 3.62. The maximum absolute atomic E-state index is 5.69. The number of ether oxygens (including phenoxy) is 1. The van der Waals surface area contributed by atoms with Gasteiger partial charge >= 0.3 is 0 Å². The number of nitrogens with one attached hydrogen (secondary N) is 2. The third-order valence-electron chi connectivity index (χ3n) is 4.02. The molecule has 2 rings (SSSR count). The molecule has 27 heavy (non-hydrogen) atoms. The Kier molecular flexibility index (Phi) is 8.71. The third-order valence-corrected chi connectivity index (χ3v) is 4.02. The highest BCUT2D eigenvalue weighted by Crippen LogP contribution is 2.16. The number of nitrogens with zero attached hydrogens (tertiary/aromatic N) is 2. The average molecular weight is 373 g/mol. The van der Waals surface area contributed by atoms with E-state index in [9.17, 15) is 0 Å². The summed E-state index contributed by atoms with van der Waals surface area (Å²) in [6, 6.07) is 11.8. The lowest BCUT2D eigenvalue weighted by atomic mass is 10.3. The SMILES string of the molecule is CCN(C)CCN=C(NCCc1ccco1)Nc1ccc(OC(C)C)cc1. The van der Waals surface area contributed by atoms with Crippen LogP contribution in [-0.4, -0.2) is 50.2 Å². The Labute approximate surface area is 162 Å². The second-order valence-electron chi connectivity index (χ2n) is 6.70. The van der Waals surface area contributed by atoms with Crippen molar-refractivity contribution in [2.45, 2.75) is 33.3 Å². The lowest BCUT2D eigenvalue weighted by Gasteiger charge is -2.15. The van der Waals surface area contributed by atoms with Gasteiger partial charge in [-0.15, -0.1) is 0 Å². The van der Waals surface area contributed by atoms with Crippen LogP contribution in [0, 0.1) is 0 Å². The van der Waals surface area contributed by atoms with E-state index >= 15 is 0 Å². The molecule has 1 aromatic carbocycles. The molecule has 0 radical (unpaired) electrons. The topological polar surface area (TPSA) is 62.0 Å². The van der Waals surface area contributed by atoms with Crippen LogP contribution in [0.2, 0.25) is 0 Å². The fourth-order valence-corrected chi connectivity index (χ4v) is 2.41. The van der Waals surface area contributed by atoms with Crippen LogP contribution in [-0.2, 0) is 6.42 Å². The molecular formula is C21H32N4O2. The molecule has 2 N–H and O–H groups in total.